The molecule has 4 atom stereocenters. The zero-order chi connectivity index (χ0) is 27.6. The molecule has 4 amide bonds. The standard InChI is InChI=1S/C29H26N2O8/c1-4-39-29(36)19-13-18-21-23(27(34)30(25(21)32)14-5-9-16(37-2)10-6-14)20(19)24-22(18)26(33)31(28(24)35)15-7-11-17(38-3)12-8-15/h5-13,18,20-24H,4H2,1-3H3/t18?,20?,21-,22-,23-,24-/m1/s1. The molecule has 2 bridgehead atoms. The van der Waals surface area contributed by atoms with E-state index in [1.807, 2.05) is 0 Å². The predicted octanol–water partition coefficient (Wildman–Crippen LogP) is 2.36. The minimum Gasteiger partial charge on any atom is -0.497 e. The van der Waals surface area contributed by atoms with Gasteiger partial charge in [0.1, 0.15) is 11.5 Å². The van der Waals surface area contributed by atoms with E-state index < -0.39 is 65.1 Å². The number of hydrogen-bond donors (Lipinski definition) is 0. The Bertz CT molecular complexity index is 1340. The van der Waals surface area contributed by atoms with E-state index in [0.29, 0.717) is 22.9 Å². The maximum atomic E-state index is 13.9. The lowest BCUT2D eigenvalue weighted by molar-refractivity contribution is -0.146. The number of allylic oxidation sites excluding steroid dienone is 1. The molecule has 0 radical (unpaired) electrons. The molecule has 7 rings (SSSR count). The molecule has 0 N–H and O–H groups in total. The van der Waals surface area contributed by atoms with Crippen LogP contribution in [0.5, 0.6) is 11.5 Å². The third-order valence-electron chi connectivity index (χ3n) is 8.30. The van der Waals surface area contributed by atoms with Crippen LogP contribution >= 0.6 is 0 Å². The zero-order valence-electron chi connectivity index (χ0n) is 21.5. The number of carbonyl (C=O) groups excluding carboxylic acids is 5. The fraction of sp³-hybridized carbons (Fsp3) is 0.345. The Hall–Kier alpha value is -4.47. The van der Waals surface area contributed by atoms with Crippen molar-refractivity contribution in [1.29, 1.82) is 0 Å². The topological polar surface area (TPSA) is 120 Å². The smallest absolute Gasteiger partial charge is 0.334 e. The molecule has 3 fully saturated rings. The van der Waals surface area contributed by atoms with Gasteiger partial charge in [-0.05, 0) is 55.5 Å². The van der Waals surface area contributed by atoms with Gasteiger partial charge < -0.3 is 14.2 Å². The Labute approximate surface area is 224 Å². The quantitative estimate of drug-likeness (QED) is 0.413. The van der Waals surface area contributed by atoms with Gasteiger partial charge in [0.15, 0.2) is 0 Å². The van der Waals surface area contributed by atoms with Crippen molar-refractivity contribution in [1.82, 2.24) is 0 Å². The van der Waals surface area contributed by atoms with Gasteiger partial charge in [-0.2, -0.15) is 0 Å². The third kappa shape index (κ3) is 3.43. The van der Waals surface area contributed by atoms with Gasteiger partial charge in [0.05, 0.1) is 55.9 Å². The van der Waals surface area contributed by atoms with E-state index >= 15 is 0 Å². The number of ether oxygens (including phenoxy) is 3. The first-order chi connectivity index (χ1) is 18.8. The van der Waals surface area contributed by atoms with Gasteiger partial charge in [0, 0.05) is 17.4 Å². The second-order valence-corrected chi connectivity index (χ2v) is 9.97. The molecular weight excluding hydrogens is 504 g/mol. The molecule has 0 spiro atoms. The van der Waals surface area contributed by atoms with Crippen LogP contribution in [0.3, 0.4) is 0 Å². The molecule has 5 aliphatic rings. The highest BCUT2D eigenvalue weighted by Gasteiger charge is 2.71. The number of nitrogens with zero attached hydrogens (tertiary/aromatic N) is 2. The van der Waals surface area contributed by atoms with Crippen molar-refractivity contribution in [3.63, 3.8) is 0 Å². The lowest BCUT2D eigenvalue weighted by Gasteiger charge is -2.46. The van der Waals surface area contributed by atoms with Crippen molar-refractivity contribution in [3.8, 4) is 11.5 Å². The summed E-state index contributed by atoms with van der Waals surface area (Å²) in [6.07, 6.45) is 1.59. The Morgan fingerprint density at radius 2 is 1.08 bits per heavy atom. The number of imide groups is 2. The molecule has 10 heteroatoms. The molecule has 2 aromatic rings. The third-order valence-corrected chi connectivity index (χ3v) is 8.30. The summed E-state index contributed by atoms with van der Waals surface area (Å²) in [6.45, 7) is 1.77. The van der Waals surface area contributed by atoms with Crippen molar-refractivity contribution >= 4 is 41.0 Å². The number of rotatable bonds is 6. The van der Waals surface area contributed by atoms with E-state index in [2.05, 4.69) is 0 Å². The number of hydrogen-bond acceptors (Lipinski definition) is 8. The number of carbonyl (C=O) groups is 5. The highest BCUT2D eigenvalue weighted by Crippen LogP contribution is 2.61. The lowest BCUT2D eigenvalue weighted by Crippen LogP contribution is -2.53. The Morgan fingerprint density at radius 1 is 0.667 bits per heavy atom. The summed E-state index contributed by atoms with van der Waals surface area (Å²) in [6, 6.07) is 13.0. The molecule has 3 aliphatic carbocycles. The highest BCUT2D eigenvalue weighted by molar-refractivity contribution is 6.27. The van der Waals surface area contributed by atoms with Crippen molar-refractivity contribution in [2.24, 2.45) is 35.5 Å². The van der Waals surface area contributed by atoms with E-state index in [-0.39, 0.29) is 12.2 Å². The second kappa shape index (κ2) is 9.07. The molecule has 2 heterocycles. The monoisotopic (exact) mass is 530 g/mol. The first-order valence-corrected chi connectivity index (χ1v) is 12.7. The van der Waals surface area contributed by atoms with E-state index in [9.17, 15) is 24.0 Å². The van der Waals surface area contributed by atoms with E-state index in [1.54, 1.807) is 61.5 Å². The maximum Gasteiger partial charge on any atom is 0.334 e. The Balaban J connectivity index is 1.43. The van der Waals surface area contributed by atoms with E-state index in [1.165, 1.54) is 14.2 Å². The van der Waals surface area contributed by atoms with Gasteiger partial charge >= 0.3 is 5.97 Å². The molecule has 2 saturated heterocycles. The number of esters is 1. The van der Waals surface area contributed by atoms with Gasteiger partial charge in [0.25, 0.3) is 0 Å². The summed E-state index contributed by atoms with van der Waals surface area (Å²) in [7, 11) is 3.02. The van der Waals surface area contributed by atoms with Crippen molar-refractivity contribution in [3.05, 3.63) is 60.2 Å². The number of benzene rings is 2. The van der Waals surface area contributed by atoms with Crippen LogP contribution in [0.15, 0.2) is 60.2 Å². The van der Waals surface area contributed by atoms with Gasteiger partial charge in [-0.1, -0.05) is 6.08 Å². The molecule has 200 valence electrons. The SMILES string of the molecule is CCOC(=O)C1=CC2[C@H]3C(=O)N(c4ccc(OC)cc4)C(=O)[C@@H]3C1[C@H]1C(=O)N(c3ccc(OC)cc3)C(=O)[C@H]21. The minimum atomic E-state index is -0.970. The van der Waals surface area contributed by atoms with E-state index in [0.717, 1.165) is 9.80 Å². The summed E-state index contributed by atoms with van der Waals surface area (Å²) < 4.78 is 15.6. The normalized spacial score (nSPS) is 28.8. The summed E-state index contributed by atoms with van der Waals surface area (Å²) >= 11 is 0. The summed E-state index contributed by atoms with van der Waals surface area (Å²) in [4.78, 5) is 70.6. The van der Waals surface area contributed by atoms with Crippen molar-refractivity contribution in [2.75, 3.05) is 30.6 Å². The van der Waals surface area contributed by atoms with Gasteiger partial charge in [-0.15, -0.1) is 0 Å². The zero-order valence-corrected chi connectivity index (χ0v) is 21.5. The predicted molar refractivity (Wildman–Crippen MR) is 137 cm³/mol. The van der Waals surface area contributed by atoms with Crippen LogP contribution < -0.4 is 19.3 Å². The molecule has 2 aromatic carbocycles. The highest BCUT2D eigenvalue weighted by atomic mass is 16.5. The van der Waals surface area contributed by atoms with Crippen LogP contribution in [0.1, 0.15) is 6.92 Å². The summed E-state index contributed by atoms with van der Waals surface area (Å²) in [5, 5.41) is 0. The first-order valence-electron chi connectivity index (χ1n) is 12.7. The maximum absolute atomic E-state index is 13.9. The lowest BCUT2D eigenvalue weighted by atomic mass is 9.52. The molecular formula is C29H26N2O8. The summed E-state index contributed by atoms with van der Waals surface area (Å²) in [5.41, 5.74) is 0.903. The number of anilines is 2. The largest absolute Gasteiger partial charge is 0.497 e. The Kier molecular flexibility index (Phi) is 5.78. The van der Waals surface area contributed by atoms with Gasteiger partial charge in [-0.25, -0.2) is 4.79 Å². The fourth-order valence-corrected chi connectivity index (χ4v) is 6.74. The van der Waals surface area contributed by atoms with Crippen molar-refractivity contribution < 1.29 is 38.2 Å². The fourth-order valence-electron chi connectivity index (χ4n) is 6.74. The molecule has 2 aliphatic heterocycles. The van der Waals surface area contributed by atoms with Crippen LogP contribution in [0.4, 0.5) is 11.4 Å². The van der Waals surface area contributed by atoms with Crippen LogP contribution in [0.2, 0.25) is 0 Å². The van der Waals surface area contributed by atoms with E-state index in [4.69, 9.17) is 14.2 Å². The summed E-state index contributed by atoms with van der Waals surface area (Å²) in [5.74, 6) is -6.90. The average molecular weight is 531 g/mol. The van der Waals surface area contributed by atoms with Crippen LogP contribution in [-0.2, 0) is 28.7 Å². The Morgan fingerprint density at radius 3 is 1.46 bits per heavy atom. The van der Waals surface area contributed by atoms with Crippen LogP contribution in [0.25, 0.3) is 0 Å². The molecule has 0 aromatic heterocycles. The van der Waals surface area contributed by atoms with Crippen molar-refractivity contribution in [2.45, 2.75) is 6.92 Å². The number of methoxy groups -OCH3 is 2. The minimum absolute atomic E-state index is 0.103. The van der Waals surface area contributed by atoms with Crippen LogP contribution in [-0.4, -0.2) is 50.4 Å². The molecule has 10 nitrogen and oxygen atoms in total. The molecule has 0 unspecified atom stereocenters. The molecule has 1 saturated carbocycles. The number of amides is 4. The second-order valence-electron chi connectivity index (χ2n) is 9.97. The van der Waals surface area contributed by atoms with Gasteiger partial charge in [0.2, 0.25) is 23.6 Å². The van der Waals surface area contributed by atoms with Crippen LogP contribution in [0, 0.1) is 35.5 Å². The average Bonchev–Trinajstić information content (AvgIpc) is 3.39. The molecule has 39 heavy (non-hydrogen) atoms. The van der Waals surface area contributed by atoms with Gasteiger partial charge in [-0.3, -0.25) is 29.0 Å². The first kappa shape index (κ1) is 24.8.